The maximum Gasteiger partial charge on any atom is 0.419 e. The summed E-state index contributed by atoms with van der Waals surface area (Å²) in [5.41, 5.74) is -1.19. The first-order chi connectivity index (χ1) is 13.8. The molecule has 1 amide bonds. The minimum Gasteiger partial charge on any atom is -0.348 e. The quantitative estimate of drug-likeness (QED) is 0.655. The van der Waals surface area contributed by atoms with Crippen molar-refractivity contribution in [3.05, 3.63) is 81.5 Å². The lowest BCUT2D eigenvalue weighted by Gasteiger charge is -2.12. The highest BCUT2D eigenvalue weighted by Gasteiger charge is 2.34. The smallest absolute Gasteiger partial charge is 0.348 e. The Balaban J connectivity index is 1.59. The fourth-order valence-electron chi connectivity index (χ4n) is 3.31. The van der Waals surface area contributed by atoms with Gasteiger partial charge in [-0.05, 0) is 48.7 Å². The lowest BCUT2D eigenvalue weighted by molar-refractivity contribution is -0.140. The Morgan fingerprint density at radius 1 is 1.10 bits per heavy atom. The Bertz CT molecular complexity index is 1160. The van der Waals surface area contributed by atoms with E-state index >= 15 is 0 Å². The van der Waals surface area contributed by atoms with Gasteiger partial charge in [-0.1, -0.05) is 12.1 Å². The van der Waals surface area contributed by atoms with Crippen LogP contribution in [0.3, 0.4) is 0 Å². The summed E-state index contributed by atoms with van der Waals surface area (Å²) in [6.07, 6.45) is -1.26. The molecule has 0 aliphatic heterocycles. The number of nitrogens with one attached hydrogen (secondary N) is 1. The Hall–Kier alpha value is -3.16. The zero-order chi connectivity index (χ0) is 20.8. The van der Waals surface area contributed by atoms with Gasteiger partial charge in [-0.15, -0.1) is 0 Å². The van der Waals surface area contributed by atoms with Gasteiger partial charge in [0.15, 0.2) is 0 Å². The average molecular weight is 404 g/mol. The number of nitrogens with zero attached hydrogens (tertiary/aromatic N) is 1. The van der Waals surface area contributed by atoms with Gasteiger partial charge >= 0.3 is 6.18 Å². The minimum atomic E-state index is -4.82. The van der Waals surface area contributed by atoms with Gasteiger partial charge < -0.3 is 9.88 Å². The summed E-state index contributed by atoms with van der Waals surface area (Å²) >= 11 is 0. The number of halogens is 4. The van der Waals surface area contributed by atoms with E-state index in [1.807, 2.05) is 0 Å². The Morgan fingerprint density at radius 2 is 1.86 bits per heavy atom. The van der Waals surface area contributed by atoms with Crippen molar-refractivity contribution in [3.8, 4) is 0 Å². The third-order valence-corrected chi connectivity index (χ3v) is 4.95. The summed E-state index contributed by atoms with van der Waals surface area (Å²) in [4.78, 5) is 25.2. The van der Waals surface area contributed by atoms with Gasteiger partial charge in [-0.3, -0.25) is 9.59 Å². The fourth-order valence-corrected chi connectivity index (χ4v) is 3.31. The number of fused-ring (bicyclic) bond motifs is 1. The van der Waals surface area contributed by atoms with Crippen LogP contribution in [0.1, 0.15) is 40.4 Å². The maximum absolute atomic E-state index is 13.4. The van der Waals surface area contributed by atoms with E-state index < -0.39 is 23.5 Å². The molecule has 1 aliphatic carbocycles. The van der Waals surface area contributed by atoms with Crippen LogP contribution in [-0.4, -0.2) is 10.5 Å². The van der Waals surface area contributed by atoms with Crippen LogP contribution in [0.5, 0.6) is 0 Å². The molecular formula is C21H16F4N2O2. The molecule has 0 saturated heterocycles. The topological polar surface area (TPSA) is 51.1 Å². The van der Waals surface area contributed by atoms with Gasteiger partial charge in [0.05, 0.1) is 5.56 Å². The summed E-state index contributed by atoms with van der Waals surface area (Å²) in [7, 11) is 0. The van der Waals surface area contributed by atoms with Crippen LogP contribution in [0.25, 0.3) is 10.8 Å². The van der Waals surface area contributed by atoms with Crippen LogP contribution >= 0.6 is 0 Å². The standard InChI is InChI=1S/C21H16F4N2O2/c22-18-7-4-12(10-17(18)21(23,24)25)11-26-19(28)15-2-1-3-16-14(15)8-9-27(20(16)29)13-5-6-13/h1-4,7-10,13H,5-6,11H2,(H,26,28). The molecule has 3 aromatic rings. The molecule has 0 atom stereocenters. The molecule has 0 radical (unpaired) electrons. The molecule has 8 heteroatoms. The van der Waals surface area contributed by atoms with Crippen molar-refractivity contribution in [3.63, 3.8) is 0 Å². The molecule has 4 nitrogen and oxygen atoms in total. The SMILES string of the molecule is O=C(NCc1ccc(F)c(C(F)(F)F)c1)c1cccc2c(=O)n(C3CC3)ccc12. The normalized spacial score (nSPS) is 14.2. The number of hydrogen-bond donors (Lipinski definition) is 1. The lowest BCUT2D eigenvalue weighted by atomic mass is 10.1. The largest absolute Gasteiger partial charge is 0.419 e. The van der Waals surface area contributed by atoms with Crippen LogP contribution in [0, 0.1) is 5.82 Å². The van der Waals surface area contributed by atoms with E-state index in [4.69, 9.17) is 0 Å². The molecule has 0 unspecified atom stereocenters. The van der Waals surface area contributed by atoms with E-state index in [1.54, 1.807) is 35.0 Å². The van der Waals surface area contributed by atoms with Crippen LogP contribution in [0.2, 0.25) is 0 Å². The molecule has 1 saturated carbocycles. The Kier molecular flexibility index (Phi) is 4.64. The van der Waals surface area contributed by atoms with Crippen molar-refractivity contribution in [1.82, 2.24) is 9.88 Å². The van der Waals surface area contributed by atoms with Crippen molar-refractivity contribution in [2.24, 2.45) is 0 Å². The molecule has 0 bridgehead atoms. The first-order valence-electron chi connectivity index (χ1n) is 9.03. The van der Waals surface area contributed by atoms with Crippen molar-refractivity contribution in [2.75, 3.05) is 0 Å². The number of carbonyl (C=O) groups excluding carboxylic acids is 1. The summed E-state index contributed by atoms with van der Waals surface area (Å²) in [5, 5.41) is 3.42. The number of benzene rings is 2. The number of aromatic nitrogens is 1. The van der Waals surface area contributed by atoms with E-state index in [0.717, 1.165) is 18.9 Å². The van der Waals surface area contributed by atoms with Crippen LogP contribution in [-0.2, 0) is 12.7 Å². The van der Waals surface area contributed by atoms with Crippen molar-refractivity contribution >= 4 is 16.7 Å². The first kappa shape index (κ1) is 19.2. The summed E-state index contributed by atoms with van der Waals surface area (Å²) in [5.74, 6) is -1.90. The van der Waals surface area contributed by atoms with E-state index in [0.29, 0.717) is 16.8 Å². The van der Waals surface area contributed by atoms with Gasteiger partial charge in [0.1, 0.15) is 5.82 Å². The molecule has 4 rings (SSSR count). The number of hydrogen-bond acceptors (Lipinski definition) is 2. The summed E-state index contributed by atoms with van der Waals surface area (Å²) < 4.78 is 53.6. The molecule has 29 heavy (non-hydrogen) atoms. The predicted molar refractivity (Wildman–Crippen MR) is 99.1 cm³/mol. The highest BCUT2D eigenvalue weighted by molar-refractivity contribution is 6.06. The van der Waals surface area contributed by atoms with Gasteiger partial charge in [-0.25, -0.2) is 4.39 Å². The van der Waals surface area contributed by atoms with Gasteiger partial charge in [-0.2, -0.15) is 13.2 Å². The average Bonchev–Trinajstić information content (AvgIpc) is 3.51. The number of alkyl halides is 3. The zero-order valence-electron chi connectivity index (χ0n) is 15.1. The summed E-state index contributed by atoms with van der Waals surface area (Å²) in [6.45, 7) is -0.211. The zero-order valence-corrected chi connectivity index (χ0v) is 15.1. The van der Waals surface area contributed by atoms with Crippen molar-refractivity contribution in [2.45, 2.75) is 31.6 Å². The predicted octanol–water partition coefficient (Wildman–Crippen LogP) is 4.42. The monoisotopic (exact) mass is 404 g/mol. The van der Waals surface area contributed by atoms with Gasteiger partial charge in [0.2, 0.25) is 0 Å². The van der Waals surface area contributed by atoms with Crippen LogP contribution in [0.4, 0.5) is 17.6 Å². The highest BCUT2D eigenvalue weighted by atomic mass is 19.4. The lowest BCUT2D eigenvalue weighted by Crippen LogP contribution is -2.24. The van der Waals surface area contributed by atoms with Crippen LogP contribution < -0.4 is 10.9 Å². The number of carbonyl (C=O) groups is 1. The van der Waals surface area contributed by atoms with Crippen molar-refractivity contribution in [1.29, 1.82) is 0 Å². The molecule has 2 aromatic carbocycles. The first-order valence-corrected chi connectivity index (χ1v) is 9.03. The molecule has 1 heterocycles. The molecule has 150 valence electrons. The fraction of sp³-hybridized carbons (Fsp3) is 0.238. The second-order valence-corrected chi connectivity index (χ2v) is 7.02. The molecule has 1 aromatic heterocycles. The maximum atomic E-state index is 13.4. The number of pyridine rings is 1. The minimum absolute atomic E-state index is 0.114. The van der Waals surface area contributed by atoms with Gasteiger partial charge in [0, 0.05) is 35.1 Å². The van der Waals surface area contributed by atoms with Crippen LogP contribution in [0.15, 0.2) is 53.5 Å². The number of rotatable bonds is 4. The molecule has 0 spiro atoms. The van der Waals surface area contributed by atoms with E-state index in [2.05, 4.69) is 5.32 Å². The molecule has 1 aliphatic rings. The second kappa shape index (κ2) is 7.02. The molecule has 1 fully saturated rings. The third kappa shape index (κ3) is 3.74. The van der Waals surface area contributed by atoms with E-state index in [1.165, 1.54) is 6.07 Å². The number of amides is 1. The van der Waals surface area contributed by atoms with Gasteiger partial charge in [0.25, 0.3) is 11.5 Å². The highest BCUT2D eigenvalue weighted by Crippen LogP contribution is 2.34. The molecule has 1 N–H and O–H groups in total. The second-order valence-electron chi connectivity index (χ2n) is 7.02. The summed E-state index contributed by atoms with van der Waals surface area (Å²) in [6, 6.07) is 9.26. The van der Waals surface area contributed by atoms with E-state index in [-0.39, 0.29) is 29.3 Å². The third-order valence-electron chi connectivity index (χ3n) is 4.95. The van der Waals surface area contributed by atoms with Crippen molar-refractivity contribution < 1.29 is 22.4 Å². The Morgan fingerprint density at radius 3 is 2.55 bits per heavy atom. The Labute approximate surface area is 162 Å². The molecular weight excluding hydrogens is 388 g/mol. The van der Waals surface area contributed by atoms with E-state index in [9.17, 15) is 27.2 Å².